The van der Waals surface area contributed by atoms with Gasteiger partial charge in [-0.05, 0) is 29.8 Å². The van der Waals surface area contributed by atoms with E-state index in [1.165, 1.54) is 18.2 Å². The first-order chi connectivity index (χ1) is 8.29. The predicted octanol–water partition coefficient (Wildman–Crippen LogP) is 3.84. The van der Waals surface area contributed by atoms with E-state index in [1.54, 1.807) is 0 Å². The minimum absolute atomic E-state index is 0.348. The number of hydrogen-bond acceptors (Lipinski definition) is 2. The predicted molar refractivity (Wildman–Crippen MR) is 62.8 cm³/mol. The van der Waals surface area contributed by atoms with Crippen LogP contribution in [0.25, 0.3) is 6.08 Å². The molecule has 0 bridgehead atoms. The summed E-state index contributed by atoms with van der Waals surface area (Å²) >= 11 is 6.20. The number of aliphatic carboxylic acids is 1. The molecule has 1 N–H and O–H groups in total. The van der Waals surface area contributed by atoms with Gasteiger partial charge < -0.3 is 5.11 Å². The number of fused-ring (bicyclic) bond motifs is 1. The van der Waals surface area contributed by atoms with Crippen molar-refractivity contribution in [3.8, 4) is 0 Å². The summed E-state index contributed by atoms with van der Waals surface area (Å²) < 4.78 is 38.3. The number of rotatable bonds is 1. The number of alkyl halides is 3. The van der Waals surface area contributed by atoms with Crippen molar-refractivity contribution in [2.24, 2.45) is 0 Å². The molecule has 1 atom stereocenters. The van der Waals surface area contributed by atoms with Gasteiger partial charge in [0.05, 0.1) is 5.57 Å². The molecule has 1 unspecified atom stereocenters. The third-order valence-corrected chi connectivity index (χ3v) is 3.97. The Morgan fingerprint density at radius 2 is 2.06 bits per heavy atom. The Kier molecular flexibility index (Phi) is 3.33. The molecule has 0 fully saturated rings. The fourth-order valence-electron chi connectivity index (χ4n) is 1.59. The van der Waals surface area contributed by atoms with Crippen LogP contribution in [0.5, 0.6) is 0 Å². The van der Waals surface area contributed by atoms with E-state index >= 15 is 0 Å². The molecule has 0 aliphatic carbocycles. The molecule has 1 heterocycles. The molecular formula is C11H6ClF3O2S. The number of carbonyl (C=O) groups is 1. The molecule has 2 rings (SSSR count). The van der Waals surface area contributed by atoms with Crippen LogP contribution in [-0.2, 0) is 4.79 Å². The highest BCUT2D eigenvalue weighted by Crippen LogP contribution is 2.45. The molecule has 0 radical (unpaired) electrons. The summed E-state index contributed by atoms with van der Waals surface area (Å²) in [5, 5.41) is 7.15. The van der Waals surface area contributed by atoms with E-state index in [0.29, 0.717) is 27.2 Å². The molecule has 1 aliphatic heterocycles. The van der Waals surface area contributed by atoms with Crippen molar-refractivity contribution < 1.29 is 23.1 Å². The molecule has 18 heavy (non-hydrogen) atoms. The van der Waals surface area contributed by atoms with E-state index in [1.807, 2.05) is 0 Å². The topological polar surface area (TPSA) is 37.3 Å². The Morgan fingerprint density at radius 1 is 1.39 bits per heavy atom. The molecule has 0 aromatic heterocycles. The number of halogens is 4. The summed E-state index contributed by atoms with van der Waals surface area (Å²) in [7, 11) is 0. The molecule has 0 saturated carbocycles. The first-order valence-corrected chi connectivity index (χ1v) is 6.02. The average molecular weight is 295 g/mol. The van der Waals surface area contributed by atoms with Crippen molar-refractivity contribution in [1.29, 1.82) is 0 Å². The van der Waals surface area contributed by atoms with Gasteiger partial charge in [0.15, 0.2) is 0 Å². The third-order valence-electron chi connectivity index (χ3n) is 2.35. The van der Waals surface area contributed by atoms with E-state index in [2.05, 4.69) is 0 Å². The third kappa shape index (κ3) is 2.49. The minimum atomic E-state index is -4.60. The van der Waals surface area contributed by atoms with Crippen molar-refractivity contribution in [3.63, 3.8) is 0 Å². The van der Waals surface area contributed by atoms with Gasteiger partial charge in [0.25, 0.3) is 0 Å². The molecule has 96 valence electrons. The number of carboxylic acid groups (broad SMARTS) is 1. The number of hydrogen-bond donors (Lipinski definition) is 1. The first kappa shape index (κ1) is 13.3. The molecule has 1 aromatic carbocycles. The van der Waals surface area contributed by atoms with Gasteiger partial charge in [0.2, 0.25) is 0 Å². The maximum absolute atomic E-state index is 12.8. The van der Waals surface area contributed by atoms with E-state index in [4.69, 9.17) is 16.7 Å². The van der Waals surface area contributed by atoms with Crippen LogP contribution in [-0.4, -0.2) is 22.5 Å². The van der Waals surface area contributed by atoms with Crippen LogP contribution < -0.4 is 0 Å². The first-order valence-electron chi connectivity index (χ1n) is 4.77. The van der Waals surface area contributed by atoms with Crippen LogP contribution in [0.3, 0.4) is 0 Å². The molecular weight excluding hydrogens is 289 g/mol. The minimum Gasteiger partial charge on any atom is -0.478 e. The lowest BCUT2D eigenvalue weighted by molar-refractivity contribution is -0.140. The average Bonchev–Trinajstić information content (AvgIpc) is 2.25. The van der Waals surface area contributed by atoms with Gasteiger partial charge in [0.1, 0.15) is 5.25 Å². The molecule has 1 aromatic rings. The highest BCUT2D eigenvalue weighted by molar-refractivity contribution is 8.00. The molecule has 0 saturated heterocycles. The van der Waals surface area contributed by atoms with Crippen molar-refractivity contribution in [3.05, 3.63) is 34.4 Å². The van der Waals surface area contributed by atoms with Gasteiger partial charge in [-0.1, -0.05) is 11.6 Å². The van der Waals surface area contributed by atoms with Gasteiger partial charge in [-0.25, -0.2) is 4.79 Å². The zero-order valence-electron chi connectivity index (χ0n) is 8.66. The zero-order valence-corrected chi connectivity index (χ0v) is 10.2. The van der Waals surface area contributed by atoms with Gasteiger partial charge in [-0.15, -0.1) is 11.8 Å². The lowest BCUT2D eigenvalue weighted by Crippen LogP contribution is -2.32. The number of benzene rings is 1. The maximum atomic E-state index is 12.8. The lowest BCUT2D eigenvalue weighted by Gasteiger charge is -2.25. The smallest absolute Gasteiger partial charge is 0.405 e. The van der Waals surface area contributed by atoms with E-state index in [9.17, 15) is 18.0 Å². The normalized spacial score (nSPS) is 19.1. The van der Waals surface area contributed by atoms with Crippen molar-refractivity contribution in [2.45, 2.75) is 16.3 Å². The Balaban J connectivity index is 2.53. The van der Waals surface area contributed by atoms with Crippen molar-refractivity contribution in [2.75, 3.05) is 0 Å². The highest BCUT2D eigenvalue weighted by Gasteiger charge is 2.46. The number of carboxylic acids is 1. The Morgan fingerprint density at radius 3 is 2.61 bits per heavy atom. The summed E-state index contributed by atoms with van der Waals surface area (Å²) in [5.74, 6) is -1.57. The fraction of sp³-hybridized carbons (Fsp3) is 0.182. The van der Waals surface area contributed by atoms with E-state index in [-0.39, 0.29) is 0 Å². The van der Waals surface area contributed by atoms with Gasteiger partial charge in [-0.2, -0.15) is 13.2 Å². The van der Waals surface area contributed by atoms with Crippen molar-refractivity contribution in [1.82, 2.24) is 0 Å². The summed E-state index contributed by atoms with van der Waals surface area (Å²) in [4.78, 5) is 11.3. The van der Waals surface area contributed by atoms with Crippen LogP contribution in [0.2, 0.25) is 5.02 Å². The molecule has 2 nitrogen and oxygen atoms in total. The quantitative estimate of drug-likeness (QED) is 0.855. The molecule has 7 heteroatoms. The number of thioether (sulfide) groups is 1. The van der Waals surface area contributed by atoms with E-state index < -0.39 is 23.0 Å². The SMILES string of the molecule is O=C(O)C1=Cc2cc(Cl)ccc2SC1C(F)(F)F. The van der Waals surface area contributed by atoms with Gasteiger partial charge in [-0.3, -0.25) is 0 Å². The summed E-state index contributed by atoms with van der Waals surface area (Å²) in [6, 6.07) is 4.37. The molecule has 0 amide bonds. The standard InChI is InChI=1S/C11H6ClF3O2S/c12-6-1-2-8-5(3-6)4-7(10(16)17)9(18-8)11(13,14)15/h1-4,9H,(H,16,17). The Hall–Kier alpha value is -1.14. The van der Waals surface area contributed by atoms with Crippen LogP contribution in [0, 0.1) is 0 Å². The zero-order chi connectivity index (χ0) is 13.5. The highest BCUT2D eigenvalue weighted by atomic mass is 35.5. The summed E-state index contributed by atoms with van der Waals surface area (Å²) in [6.45, 7) is 0. The summed E-state index contributed by atoms with van der Waals surface area (Å²) in [5.41, 5.74) is -0.285. The molecule has 1 aliphatic rings. The van der Waals surface area contributed by atoms with Crippen LogP contribution in [0.4, 0.5) is 13.2 Å². The largest absolute Gasteiger partial charge is 0.478 e. The van der Waals surface area contributed by atoms with Crippen LogP contribution in [0.1, 0.15) is 5.56 Å². The summed E-state index contributed by atoms with van der Waals surface area (Å²) in [6.07, 6.45) is -3.58. The Bertz CT molecular complexity index is 540. The van der Waals surface area contributed by atoms with Crippen molar-refractivity contribution >= 4 is 35.4 Å². The second kappa shape index (κ2) is 4.51. The van der Waals surface area contributed by atoms with Gasteiger partial charge >= 0.3 is 12.1 Å². The maximum Gasteiger partial charge on any atom is 0.405 e. The van der Waals surface area contributed by atoms with Gasteiger partial charge in [0, 0.05) is 9.92 Å². The monoisotopic (exact) mass is 294 g/mol. The molecule has 0 spiro atoms. The van der Waals surface area contributed by atoms with Crippen LogP contribution in [0.15, 0.2) is 28.7 Å². The Labute approximate surface area is 109 Å². The van der Waals surface area contributed by atoms with E-state index in [0.717, 1.165) is 6.08 Å². The van der Waals surface area contributed by atoms with Crippen LogP contribution >= 0.6 is 23.4 Å². The lowest BCUT2D eigenvalue weighted by atomic mass is 10.1. The second-order valence-electron chi connectivity index (χ2n) is 3.63. The fourth-order valence-corrected chi connectivity index (χ4v) is 2.85. The second-order valence-corrected chi connectivity index (χ2v) is 5.21.